The van der Waals surface area contributed by atoms with E-state index in [0.29, 0.717) is 0 Å². The first-order valence-corrected chi connectivity index (χ1v) is 0. The quantitative estimate of drug-likeness (QED) is 0.398. The minimum Gasteiger partial charge on any atom is -2.00 e. The monoisotopic (exact) mass is 266 g/mol. The molecule has 0 saturated carbocycles. The molecule has 2 N–H and O–H groups in total. The number of hydrogen-bond donors (Lipinski definition) is 0. The first-order valence-electron chi connectivity index (χ1n) is 0. The molecule has 21 valence electrons. The molecule has 0 aromatic rings. The smallest absolute Gasteiger partial charge is 2.00 e. The third-order valence-electron chi connectivity index (χ3n) is 0. The van der Waals surface area contributed by atoms with Gasteiger partial charge in [0.1, 0.15) is 0 Å². The van der Waals surface area contributed by atoms with Crippen molar-refractivity contribution in [1.82, 2.24) is 0 Å². The van der Waals surface area contributed by atoms with E-state index in [1.54, 1.807) is 0 Å². The van der Waals surface area contributed by atoms with E-state index in [0.717, 1.165) is 0 Å². The topological polar surface area (TPSA) is 60.0 Å². The summed E-state index contributed by atoms with van der Waals surface area (Å²) in [6, 6.07) is 0. The van der Waals surface area contributed by atoms with Crippen LogP contribution in [0.2, 0.25) is 0 Å². The Morgan fingerprint density at radius 1 is 1.00 bits per heavy atom. The minimum absolute atomic E-state index is 0. The number of hydrogen-bond acceptors (Lipinski definition) is 0. The maximum absolute atomic E-state index is 0. The van der Waals surface area contributed by atoms with Crippen LogP contribution in [0.1, 0.15) is 0 Å². The molecular weight excluding hydrogens is 263 g/mol. The predicted molar refractivity (Wildman–Crippen MR) is 10.1 cm³/mol. The van der Waals surface area contributed by atoms with Crippen molar-refractivity contribution < 1.29 is 79.4 Å². The Morgan fingerprint density at radius 2 is 1.00 bits per heavy atom. The van der Waals surface area contributed by atoms with Crippen molar-refractivity contribution in [2.24, 2.45) is 0 Å². The second-order valence-corrected chi connectivity index (χ2v) is 0. The zero-order valence-electron chi connectivity index (χ0n) is 2.99. The molecule has 0 aliphatic carbocycles. The van der Waals surface area contributed by atoms with Gasteiger partial charge in [-0.3, -0.25) is 0 Å². The van der Waals surface area contributed by atoms with Gasteiger partial charge in [-0.25, -0.2) is 0 Å². The van der Waals surface area contributed by atoms with Gasteiger partial charge in [-0.2, -0.15) is 0 Å². The number of rotatable bonds is 0. The molecule has 1 radical (unpaired) electrons. The van der Waals surface area contributed by atoms with Gasteiger partial charge in [0.2, 0.25) is 0 Å². The third-order valence-corrected chi connectivity index (χ3v) is 0. The molecule has 0 aromatic carbocycles. The van der Waals surface area contributed by atoms with E-state index in [2.05, 4.69) is 0 Å². The maximum Gasteiger partial charge on any atom is 2.00 e. The molecule has 0 aromatic heterocycles. The van der Waals surface area contributed by atoms with E-state index >= 15 is 0 Å². The normalized spacial score (nSPS) is 0. The summed E-state index contributed by atoms with van der Waals surface area (Å²) in [6.07, 6.45) is 0. The largest absolute Gasteiger partial charge is 2.00 e. The van der Waals surface area contributed by atoms with Crippen LogP contribution in [0, 0.1) is 0 Å². The van der Waals surface area contributed by atoms with Gasteiger partial charge >= 0.3 is 117 Å². The molecule has 0 unspecified atom stereocenters. The molecule has 0 bridgehead atoms. The minimum atomic E-state index is 0. The molecule has 0 atom stereocenters. The van der Waals surface area contributed by atoms with Gasteiger partial charge < -0.3 is 11.0 Å². The van der Waals surface area contributed by atoms with Gasteiger partial charge in [0.15, 0.2) is 0 Å². The van der Waals surface area contributed by atoms with Crippen molar-refractivity contribution >= 4 is 48.9 Å². The van der Waals surface area contributed by atoms with Crippen LogP contribution in [-0.2, 0) is 22.5 Å². The second kappa shape index (κ2) is 25.4. The van der Waals surface area contributed by atoms with E-state index in [1.807, 2.05) is 0 Å². The predicted octanol–water partition coefficient (Wildman–Crippen LogP) is -4.32. The van der Waals surface area contributed by atoms with E-state index in [-0.39, 0.29) is 128 Å². The fourth-order valence-corrected chi connectivity index (χ4v) is 0. The molecule has 5 heavy (non-hydrogen) atoms. The Kier molecular flexibility index (Phi) is 193. The first kappa shape index (κ1) is 38.0. The van der Waals surface area contributed by atoms with Gasteiger partial charge in [-0.15, -0.1) is 0 Å². The van der Waals surface area contributed by atoms with E-state index in [1.165, 1.54) is 0 Å². The van der Waals surface area contributed by atoms with Crippen LogP contribution in [0.4, 0.5) is 0 Å². The van der Waals surface area contributed by atoms with Crippen molar-refractivity contribution in [3.05, 3.63) is 0 Å². The molecule has 0 rings (SSSR count). The first-order chi connectivity index (χ1) is 0. The Balaban J connectivity index is 0. The molecule has 0 spiro atoms. The van der Waals surface area contributed by atoms with E-state index in [4.69, 9.17) is 0 Å². The van der Waals surface area contributed by atoms with Crippen LogP contribution in [0.15, 0.2) is 0 Å². The van der Waals surface area contributed by atoms with Crippen LogP contribution >= 0.6 is 0 Å². The average Bonchev–Trinajstić information content (AvgIpc) is 0. The SMILES string of the molecule is O.[Ba+2].[K+].[Mn+2].[O-2]. The summed E-state index contributed by atoms with van der Waals surface area (Å²) in [6.45, 7) is 0. The second-order valence-electron chi connectivity index (χ2n) is 0. The van der Waals surface area contributed by atoms with Gasteiger partial charge in [-0.1, -0.05) is 0 Å². The molecule has 0 saturated heterocycles. The molecule has 0 fully saturated rings. The van der Waals surface area contributed by atoms with Crippen molar-refractivity contribution in [1.29, 1.82) is 0 Å². The Bertz CT molecular complexity index is 9.61. The third kappa shape index (κ3) is 18.3. The van der Waals surface area contributed by atoms with Crippen LogP contribution in [-0.4, -0.2) is 54.4 Å². The molecule has 2 nitrogen and oxygen atoms in total. The standard InChI is InChI=1S/Ba.K.Mn.H2O.O/h;;;1H2;/q+2;+1;+2;;-2. The average molecular weight is 265 g/mol. The van der Waals surface area contributed by atoms with Crippen molar-refractivity contribution in [2.45, 2.75) is 0 Å². The zero-order valence-corrected chi connectivity index (χ0v) is 11.7. The molecular formula is H2BaKMnO2+3. The summed E-state index contributed by atoms with van der Waals surface area (Å²) in [5.74, 6) is 0. The summed E-state index contributed by atoms with van der Waals surface area (Å²) in [4.78, 5) is 0. The summed E-state index contributed by atoms with van der Waals surface area (Å²) in [5.41, 5.74) is 0. The summed E-state index contributed by atoms with van der Waals surface area (Å²) < 4.78 is 0. The molecule has 0 aliphatic rings. The van der Waals surface area contributed by atoms with Gasteiger partial charge in [0.25, 0.3) is 0 Å². The van der Waals surface area contributed by atoms with E-state index in [9.17, 15) is 0 Å². The molecule has 5 heteroatoms. The van der Waals surface area contributed by atoms with Gasteiger partial charge in [-0.05, 0) is 0 Å². The molecule has 0 amide bonds. The summed E-state index contributed by atoms with van der Waals surface area (Å²) >= 11 is 0. The Labute approximate surface area is 124 Å². The fourth-order valence-electron chi connectivity index (χ4n) is 0. The zero-order chi connectivity index (χ0) is 0. The van der Waals surface area contributed by atoms with E-state index < -0.39 is 0 Å². The molecule has 0 aliphatic heterocycles. The summed E-state index contributed by atoms with van der Waals surface area (Å²) in [7, 11) is 0. The van der Waals surface area contributed by atoms with Crippen LogP contribution < -0.4 is 51.4 Å². The summed E-state index contributed by atoms with van der Waals surface area (Å²) in [5, 5.41) is 0. The Morgan fingerprint density at radius 3 is 1.00 bits per heavy atom. The van der Waals surface area contributed by atoms with Crippen LogP contribution in [0.5, 0.6) is 0 Å². The van der Waals surface area contributed by atoms with Crippen molar-refractivity contribution in [2.75, 3.05) is 0 Å². The fraction of sp³-hybridized carbons (Fsp3) is 0. The van der Waals surface area contributed by atoms with Crippen LogP contribution in [0.25, 0.3) is 0 Å². The van der Waals surface area contributed by atoms with Crippen molar-refractivity contribution in [3.63, 3.8) is 0 Å². The van der Waals surface area contributed by atoms with Gasteiger partial charge in [0.05, 0.1) is 0 Å². The van der Waals surface area contributed by atoms with Crippen LogP contribution in [0.3, 0.4) is 0 Å². The maximum atomic E-state index is 0. The van der Waals surface area contributed by atoms with Crippen molar-refractivity contribution in [3.8, 4) is 0 Å². The Hall–Kier alpha value is 3.65. The molecule has 0 heterocycles. The van der Waals surface area contributed by atoms with Gasteiger partial charge in [0, 0.05) is 0 Å².